The highest BCUT2D eigenvalue weighted by Gasteiger charge is 2.19. The second-order valence-electron chi connectivity index (χ2n) is 4.59. The third-order valence-electron chi connectivity index (χ3n) is 2.85. The minimum atomic E-state index is -1.07. The van der Waals surface area contributed by atoms with Crippen molar-refractivity contribution >= 4 is 39.5 Å². The number of halogens is 2. The van der Waals surface area contributed by atoms with Crippen molar-refractivity contribution in [3.63, 3.8) is 0 Å². The number of carbonyl (C=O) groups is 2. The molecule has 7 heteroatoms. The van der Waals surface area contributed by atoms with Gasteiger partial charge in [0.05, 0.1) is 10.0 Å². The average molecular weight is 400 g/mol. The van der Waals surface area contributed by atoms with Crippen LogP contribution in [0.25, 0.3) is 0 Å². The van der Waals surface area contributed by atoms with Gasteiger partial charge in [-0.1, -0.05) is 11.6 Å². The molecular weight excluding hydrogens is 388 g/mol. The van der Waals surface area contributed by atoms with E-state index in [2.05, 4.69) is 15.9 Å². The monoisotopic (exact) mass is 398 g/mol. The maximum absolute atomic E-state index is 12.0. The van der Waals surface area contributed by atoms with Crippen molar-refractivity contribution in [2.24, 2.45) is 0 Å². The van der Waals surface area contributed by atoms with E-state index in [1.165, 1.54) is 18.2 Å². The zero-order chi connectivity index (χ0) is 17.0. The van der Waals surface area contributed by atoms with Crippen LogP contribution in [0.2, 0.25) is 5.02 Å². The summed E-state index contributed by atoms with van der Waals surface area (Å²) in [5.74, 6) is -0.975. The van der Waals surface area contributed by atoms with Crippen LogP contribution in [0.3, 0.4) is 0 Å². The van der Waals surface area contributed by atoms with Gasteiger partial charge in [0.1, 0.15) is 11.5 Å². The smallest absolute Gasteiger partial charge is 0.352 e. The van der Waals surface area contributed by atoms with E-state index in [9.17, 15) is 9.59 Å². The Balaban J connectivity index is 2.03. The second kappa shape index (κ2) is 7.48. The number of hydrogen-bond acceptors (Lipinski definition) is 4. The number of hydrogen-bond donors (Lipinski definition) is 1. The van der Waals surface area contributed by atoms with Crippen LogP contribution in [0.5, 0.6) is 11.5 Å². The van der Waals surface area contributed by atoms with Crippen LogP contribution < -0.4 is 9.47 Å². The molecule has 0 aliphatic carbocycles. The normalized spacial score (nSPS) is 11.6. The van der Waals surface area contributed by atoms with Crippen molar-refractivity contribution in [1.82, 2.24) is 0 Å². The van der Waals surface area contributed by atoms with E-state index in [0.717, 1.165) is 0 Å². The van der Waals surface area contributed by atoms with Crippen LogP contribution in [-0.4, -0.2) is 23.1 Å². The average Bonchev–Trinajstić information content (AvgIpc) is 2.51. The quantitative estimate of drug-likeness (QED) is 0.603. The molecule has 0 saturated carbocycles. The molecule has 2 aromatic rings. The fourth-order valence-corrected chi connectivity index (χ4v) is 2.26. The second-order valence-corrected chi connectivity index (χ2v) is 5.88. The number of rotatable bonds is 5. The molecule has 0 saturated heterocycles. The fraction of sp³-hybridized carbons (Fsp3) is 0.125. The van der Waals surface area contributed by atoms with Crippen LogP contribution in [0.1, 0.15) is 17.3 Å². The molecule has 0 aliphatic rings. The molecule has 5 nitrogen and oxygen atoms in total. The summed E-state index contributed by atoms with van der Waals surface area (Å²) < 4.78 is 11.0. The lowest BCUT2D eigenvalue weighted by atomic mass is 10.2. The molecule has 1 atom stereocenters. The van der Waals surface area contributed by atoms with Gasteiger partial charge in [-0.15, -0.1) is 0 Å². The van der Waals surface area contributed by atoms with Crippen molar-refractivity contribution in [3.8, 4) is 11.5 Å². The van der Waals surface area contributed by atoms with Crippen LogP contribution in [0.15, 0.2) is 46.9 Å². The molecule has 23 heavy (non-hydrogen) atoms. The number of carboxylic acids is 1. The van der Waals surface area contributed by atoms with E-state index in [4.69, 9.17) is 26.2 Å². The van der Waals surface area contributed by atoms with E-state index in [1.807, 2.05) is 0 Å². The minimum Gasteiger partial charge on any atom is -0.479 e. The minimum absolute atomic E-state index is 0.0853. The molecule has 0 radical (unpaired) electrons. The first-order valence-electron chi connectivity index (χ1n) is 6.53. The van der Waals surface area contributed by atoms with Crippen LogP contribution in [-0.2, 0) is 4.79 Å². The van der Waals surface area contributed by atoms with E-state index in [1.54, 1.807) is 31.2 Å². The van der Waals surface area contributed by atoms with Gasteiger partial charge in [0, 0.05) is 5.02 Å². The van der Waals surface area contributed by atoms with E-state index < -0.39 is 18.0 Å². The molecule has 120 valence electrons. The predicted molar refractivity (Wildman–Crippen MR) is 88.3 cm³/mol. The molecule has 0 spiro atoms. The summed E-state index contributed by atoms with van der Waals surface area (Å²) in [6, 6.07) is 10.7. The van der Waals surface area contributed by atoms with Crippen LogP contribution in [0.4, 0.5) is 0 Å². The van der Waals surface area contributed by atoms with E-state index in [0.29, 0.717) is 15.2 Å². The Morgan fingerprint density at radius 3 is 2.39 bits per heavy atom. The van der Waals surface area contributed by atoms with Crippen molar-refractivity contribution in [3.05, 3.63) is 57.5 Å². The van der Waals surface area contributed by atoms with Gasteiger partial charge in [0.2, 0.25) is 0 Å². The maximum atomic E-state index is 12.0. The topological polar surface area (TPSA) is 72.8 Å². The zero-order valence-electron chi connectivity index (χ0n) is 12.0. The third kappa shape index (κ3) is 4.71. The molecule has 0 aromatic heterocycles. The molecule has 1 unspecified atom stereocenters. The third-order valence-corrected chi connectivity index (χ3v) is 3.72. The lowest BCUT2D eigenvalue weighted by Crippen LogP contribution is -2.28. The van der Waals surface area contributed by atoms with Crippen LogP contribution in [0, 0.1) is 0 Å². The number of carboxylic acid groups (broad SMARTS) is 1. The lowest BCUT2D eigenvalue weighted by Gasteiger charge is -2.14. The van der Waals surface area contributed by atoms with E-state index in [-0.39, 0.29) is 11.3 Å². The summed E-state index contributed by atoms with van der Waals surface area (Å²) in [6.45, 7) is 1.55. The first-order valence-corrected chi connectivity index (χ1v) is 7.70. The molecule has 0 heterocycles. The van der Waals surface area contributed by atoms with Crippen molar-refractivity contribution in [1.29, 1.82) is 0 Å². The molecular formula is C16H12BrClO5. The zero-order valence-corrected chi connectivity index (χ0v) is 14.3. The van der Waals surface area contributed by atoms with Gasteiger partial charge in [-0.25, -0.2) is 9.59 Å². The molecule has 2 aromatic carbocycles. The molecule has 2 rings (SSSR count). The SMILES string of the molecule is CC(Oc1ccc(Cl)cc1)C(=O)Oc1ccc(C(=O)O)cc1Br. The highest BCUT2D eigenvalue weighted by Crippen LogP contribution is 2.27. The van der Waals surface area contributed by atoms with Gasteiger partial charge >= 0.3 is 11.9 Å². The molecule has 0 aliphatic heterocycles. The predicted octanol–water partition coefficient (Wildman–Crippen LogP) is 4.17. The van der Waals surface area contributed by atoms with Crippen molar-refractivity contribution in [2.75, 3.05) is 0 Å². The largest absolute Gasteiger partial charge is 0.479 e. The summed E-state index contributed by atoms with van der Waals surface area (Å²) in [6.07, 6.45) is -0.845. The Labute approximate surface area is 145 Å². The van der Waals surface area contributed by atoms with Gasteiger partial charge in [-0.05, 0) is 65.3 Å². The van der Waals surface area contributed by atoms with Gasteiger partial charge in [-0.3, -0.25) is 0 Å². The highest BCUT2D eigenvalue weighted by atomic mass is 79.9. The Hall–Kier alpha value is -2.05. The number of ether oxygens (including phenoxy) is 2. The number of carbonyl (C=O) groups excluding carboxylic acids is 1. The number of benzene rings is 2. The van der Waals surface area contributed by atoms with Crippen LogP contribution >= 0.6 is 27.5 Å². The maximum Gasteiger partial charge on any atom is 0.352 e. The molecule has 0 bridgehead atoms. The van der Waals surface area contributed by atoms with Crippen molar-refractivity contribution < 1.29 is 24.2 Å². The van der Waals surface area contributed by atoms with E-state index >= 15 is 0 Å². The molecule has 0 fully saturated rings. The van der Waals surface area contributed by atoms with Gasteiger partial charge in [0.25, 0.3) is 0 Å². The fourth-order valence-electron chi connectivity index (χ4n) is 1.67. The first kappa shape index (κ1) is 17.3. The van der Waals surface area contributed by atoms with Crippen molar-refractivity contribution in [2.45, 2.75) is 13.0 Å². The summed E-state index contributed by atoms with van der Waals surface area (Å²) in [5.41, 5.74) is 0.0853. The highest BCUT2D eigenvalue weighted by molar-refractivity contribution is 9.10. The molecule has 0 amide bonds. The first-order chi connectivity index (χ1) is 10.9. The number of esters is 1. The molecule has 1 N–H and O–H groups in total. The summed E-state index contributed by atoms with van der Waals surface area (Å²) in [7, 11) is 0. The Morgan fingerprint density at radius 1 is 1.17 bits per heavy atom. The Kier molecular flexibility index (Phi) is 5.63. The summed E-state index contributed by atoms with van der Waals surface area (Å²) in [5, 5.41) is 9.46. The standard InChI is InChI=1S/C16H12BrClO5/c1-9(22-12-5-3-11(18)4-6-12)16(21)23-14-7-2-10(15(19)20)8-13(14)17/h2-9H,1H3,(H,19,20). The van der Waals surface area contributed by atoms with Gasteiger partial charge < -0.3 is 14.6 Å². The number of aromatic carboxylic acids is 1. The Morgan fingerprint density at radius 2 is 1.83 bits per heavy atom. The Bertz CT molecular complexity index is 730. The van der Waals surface area contributed by atoms with Gasteiger partial charge in [0.15, 0.2) is 6.10 Å². The lowest BCUT2D eigenvalue weighted by molar-refractivity contribution is -0.141. The van der Waals surface area contributed by atoms with Gasteiger partial charge in [-0.2, -0.15) is 0 Å². The summed E-state index contributed by atoms with van der Waals surface area (Å²) in [4.78, 5) is 22.9. The summed E-state index contributed by atoms with van der Waals surface area (Å²) >= 11 is 8.95.